The van der Waals surface area contributed by atoms with Crippen molar-refractivity contribution in [2.24, 2.45) is 0 Å². The van der Waals surface area contributed by atoms with Gasteiger partial charge in [-0.15, -0.1) is 10.2 Å². The molecule has 0 spiro atoms. The third-order valence-corrected chi connectivity index (χ3v) is 5.69. The number of nitrogens with one attached hydrogen (secondary N) is 1. The van der Waals surface area contributed by atoms with E-state index in [9.17, 15) is 13.2 Å². The Morgan fingerprint density at radius 2 is 2.00 bits per heavy atom. The Labute approximate surface area is 138 Å². The molecule has 0 bridgehead atoms. The van der Waals surface area contributed by atoms with E-state index in [1.807, 2.05) is 26.0 Å². The predicted molar refractivity (Wildman–Crippen MR) is 87.7 cm³/mol. The molecule has 2 aromatic rings. The van der Waals surface area contributed by atoms with Crippen LogP contribution < -0.4 is 10.1 Å². The van der Waals surface area contributed by atoms with Gasteiger partial charge < -0.3 is 4.74 Å². The number of amides is 1. The predicted octanol–water partition coefficient (Wildman–Crippen LogP) is 1.96. The van der Waals surface area contributed by atoms with Crippen molar-refractivity contribution in [2.45, 2.75) is 31.2 Å². The Kier molecular flexibility index (Phi) is 5.00. The molecule has 0 saturated heterocycles. The maximum Gasteiger partial charge on any atom is 0.266 e. The lowest BCUT2D eigenvalue weighted by Gasteiger charge is -2.16. The van der Waals surface area contributed by atoms with Crippen LogP contribution in [0.2, 0.25) is 0 Å². The van der Waals surface area contributed by atoms with Crippen molar-refractivity contribution >= 4 is 32.2 Å². The van der Waals surface area contributed by atoms with Crippen LogP contribution in [0.5, 0.6) is 5.75 Å². The van der Waals surface area contributed by atoms with Crippen LogP contribution >= 0.6 is 11.3 Å². The zero-order chi connectivity index (χ0) is 17.2. The van der Waals surface area contributed by atoms with Crippen molar-refractivity contribution in [3.8, 4) is 5.75 Å². The number of rotatable bonds is 5. The summed E-state index contributed by atoms with van der Waals surface area (Å²) in [4.78, 5) is 12.1. The number of aryl methyl sites for hydroxylation is 1. The minimum atomic E-state index is -3.43. The Hall–Kier alpha value is -2.00. The third-order valence-electron chi connectivity index (χ3n) is 3.18. The molecular formula is C14H17N3O4S2. The lowest BCUT2D eigenvalue weighted by molar-refractivity contribution is -0.122. The van der Waals surface area contributed by atoms with Crippen molar-refractivity contribution in [1.29, 1.82) is 0 Å². The molecule has 1 N–H and O–H groups in total. The lowest BCUT2D eigenvalue weighted by atomic mass is 10.1. The van der Waals surface area contributed by atoms with Crippen LogP contribution in [0.4, 0.5) is 5.13 Å². The molecule has 23 heavy (non-hydrogen) atoms. The van der Waals surface area contributed by atoms with E-state index in [1.54, 1.807) is 13.0 Å². The van der Waals surface area contributed by atoms with Gasteiger partial charge in [0, 0.05) is 6.26 Å². The van der Waals surface area contributed by atoms with Crippen LogP contribution in [-0.4, -0.2) is 36.9 Å². The van der Waals surface area contributed by atoms with Gasteiger partial charge in [0.15, 0.2) is 6.10 Å². The highest BCUT2D eigenvalue weighted by molar-refractivity contribution is 7.92. The van der Waals surface area contributed by atoms with E-state index in [-0.39, 0.29) is 9.47 Å². The zero-order valence-electron chi connectivity index (χ0n) is 13.2. The van der Waals surface area contributed by atoms with Crippen LogP contribution in [0.25, 0.3) is 0 Å². The van der Waals surface area contributed by atoms with Crippen molar-refractivity contribution in [1.82, 2.24) is 10.2 Å². The third kappa shape index (κ3) is 4.26. The Balaban J connectivity index is 2.06. The van der Waals surface area contributed by atoms with Gasteiger partial charge in [0.1, 0.15) is 5.75 Å². The summed E-state index contributed by atoms with van der Waals surface area (Å²) in [5.41, 5.74) is 2.03. The van der Waals surface area contributed by atoms with E-state index in [0.29, 0.717) is 5.75 Å². The summed E-state index contributed by atoms with van der Waals surface area (Å²) in [5, 5.41) is 9.80. The van der Waals surface area contributed by atoms with Gasteiger partial charge in [0.25, 0.3) is 5.91 Å². The Bertz CT molecular complexity index is 830. The molecule has 1 amide bonds. The van der Waals surface area contributed by atoms with Gasteiger partial charge in [-0.25, -0.2) is 8.42 Å². The molecule has 0 saturated carbocycles. The number of hydrogen-bond donors (Lipinski definition) is 1. The van der Waals surface area contributed by atoms with Gasteiger partial charge in [-0.2, -0.15) is 0 Å². The summed E-state index contributed by atoms with van der Waals surface area (Å²) in [6, 6.07) is 5.60. The van der Waals surface area contributed by atoms with Crippen molar-refractivity contribution < 1.29 is 17.9 Å². The molecule has 9 heteroatoms. The molecule has 1 heterocycles. The SMILES string of the molecule is Cc1cccc(O[C@H](C)C(=O)Nc2nnc(S(C)(=O)=O)s2)c1C. The van der Waals surface area contributed by atoms with Crippen LogP contribution in [-0.2, 0) is 14.6 Å². The van der Waals surface area contributed by atoms with Crippen LogP contribution in [0, 0.1) is 13.8 Å². The maximum absolute atomic E-state index is 12.1. The summed E-state index contributed by atoms with van der Waals surface area (Å²) in [5.74, 6) is 0.198. The van der Waals surface area contributed by atoms with Crippen molar-refractivity contribution in [2.75, 3.05) is 11.6 Å². The highest BCUT2D eigenvalue weighted by atomic mass is 32.2. The standard InChI is InChI=1S/C14H17N3O4S2/c1-8-6-5-7-11(9(8)2)21-10(3)12(18)15-13-16-17-14(22-13)23(4,19)20/h5-7,10H,1-4H3,(H,15,16,18)/t10-/m1/s1. The van der Waals surface area contributed by atoms with E-state index in [0.717, 1.165) is 28.7 Å². The number of anilines is 1. The van der Waals surface area contributed by atoms with E-state index in [1.165, 1.54) is 0 Å². The smallest absolute Gasteiger partial charge is 0.266 e. The summed E-state index contributed by atoms with van der Waals surface area (Å²) >= 11 is 0.800. The number of ether oxygens (including phenoxy) is 1. The van der Waals surface area contributed by atoms with Gasteiger partial charge in [-0.05, 0) is 38.0 Å². The van der Waals surface area contributed by atoms with E-state index in [4.69, 9.17) is 4.74 Å². The quantitative estimate of drug-likeness (QED) is 0.823. The molecule has 2 rings (SSSR count). The number of sulfone groups is 1. The van der Waals surface area contributed by atoms with Crippen LogP contribution in [0.1, 0.15) is 18.1 Å². The molecule has 0 unspecified atom stereocenters. The normalized spacial score (nSPS) is 12.7. The summed E-state index contributed by atoms with van der Waals surface area (Å²) < 4.78 is 28.2. The number of carbonyl (C=O) groups is 1. The van der Waals surface area contributed by atoms with Crippen molar-refractivity contribution in [3.63, 3.8) is 0 Å². The lowest BCUT2D eigenvalue weighted by Crippen LogP contribution is -2.30. The molecule has 0 aliphatic carbocycles. The van der Waals surface area contributed by atoms with Crippen LogP contribution in [0.3, 0.4) is 0 Å². The highest BCUT2D eigenvalue weighted by Crippen LogP contribution is 2.23. The molecule has 0 aliphatic heterocycles. The number of hydrogen-bond acceptors (Lipinski definition) is 7. The average molecular weight is 355 g/mol. The fraction of sp³-hybridized carbons (Fsp3) is 0.357. The average Bonchev–Trinajstić information content (AvgIpc) is 2.92. The first-order valence-corrected chi connectivity index (χ1v) is 9.46. The number of carbonyl (C=O) groups excluding carboxylic acids is 1. The molecule has 1 aromatic heterocycles. The molecule has 1 atom stereocenters. The number of benzene rings is 1. The Morgan fingerprint density at radius 3 is 2.61 bits per heavy atom. The van der Waals surface area contributed by atoms with Gasteiger partial charge in [-0.3, -0.25) is 10.1 Å². The van der Waals surface area contributed by atoms with E-state index >= 15 is 0 Å². The minimum absolute atomic E-state index is 0.117. The number of nitrogens with zero attached hydrogens (tertiary/aromatic N) is 2. The topological polar surface area (TPSA) is 98.2 Å². The molecule has 1 aromatic carbocycles. The largest absolute Gasteiger partial charge is 0.481 e. The minimum Gasteiger partial charge on any atom is -0.481 e. The van der Waals surface area contributed by atoms with Gasteiger partial charge in [0.05, 0.1) is 0 Å². The highest BCUT2D eigenvalue weighted by Gasteiger charge is 2.20. The van der Waals surface area contributed by atoms with Crippen LogP contribution in [0.15, 0.2) is 22.5 Å². The molecule has 0 fully saturated rings. The molecule has 0 aliphatic rings. The Morgan fingerprint density at radius 1 is 1.30 bits per heavy atom. The first kappa shape index (κ1) is 17.4. The fourth-order valence-electron chi connectivity index (χ4n) is 1.71. The molecule has 0 radical (unpaired) electrons. The second-order valence-electron chi connectivity index (χ2n) is 5.09. The summed E-state index contributed by atoms with van der Waals surface area (Å²) in [6.45, 7) is 5.48. The summed E-state index contributed by atoms with van der Waals surface area (Å²) in [6.07, 6.45) is 0.270. The second-order valence-corrected chi connectivity index (χ2v) is 8.26. The van der Waals surface area contributed by atoms with Gasteiger partial charge in [-0.1, -0.05) is 23.5 Å². The maximum atomic E-state index is 12.1. The second kappa shape index (κ2) is 6.63. The van der Waals surface area contributed by atoms with E-state index in [2.05, 4.69) is 15.5 Å². The van der Waals surface area contributed by atoms with Crippen molar-refractivity contribution in [3.05, 3.63) is 29.3 Å². The fourth-order valence-corrected chi connectivity index (χ4v) is 3.22. The first-order valence-electron chi connectivity index (χ1n) is 6.76. The van der Waals surface area contributed by atoms with E-state index < -0.39 is 21.8 Å². The molecule has 7 nitrogen and oxygen atoms in total. The number of aromatic nitrogens is 2. The van der Waals surface area contributed by atoms with Gasteiger partial charge >= 0.3 is 0 Å². The first-order chi connectivity index (χ1) is 10.7. The zero-order valence-corrected chi connectivity index (χ0v) is 14.8. The van der Waals surface area contributed by atoms with Gasteiger partial charge in [0.2, 0.25) is 19.3 Å². The monoisotopic (exact) mass is 355 g/mol. The molecule has 124 valence electrons. The summed E-state index contributed by atoms with van der Waals surface area (Å²) in [7, 11) is -3.43. The molecular weight excluding hydrogens is 338 g/mol.